The number of nitrogens with zero attached hydrogens (tertiary/aromatic N) is 1. The first kappa shape index (κ1) is 18.9. The highest BCUT2D eigenvalue weighted by Crippen LogP contribution is 2.27. The van der Waals surface area contributed by atoms with E-state index in [1.807, 2.05) is 31.2 Å². The lowest BCUT2D eigenvalue weighted by Crippen LogP contribution is -2.38. The van der Waals surface area contributed by atoms with Crippen molar-refractivity contribution in [3.63, 3.8) is 0 Å². The lowest BCUT2D eigenvalue weighted by molar-refractivity contribution is -0.142. The van der Waals surface area contributed by atoms with E-state index in [2.05, 4.69) is 10.3 Å². The van der Waals surface area contributed by atoms with Crippen molar-refractivity contribution < 1.29 is 19.4 Å². The van der Waals surface area contributed by atoms with Crippen LogP contribution in [0.15, 0.2) is 36.7 Å². The summed E-state index contributed by atoms with van der Waals surface area (Å²) in [5.41, 5.74) is 3.42. The van der Waals surface area contributed by atoms with E-state index in [1.54, 1.807) is 19.5 Å². The molecule has 0 unspecified atom stereocenters. The molecule has 1 heterocycles. The van der Waals surface area contributed by atoms with Crippen molar-refractivity contribution in [2.45, 2.75) is 38.6 Å². The smallest absolute Gasteiger partial charge is 0.306 e. The maximum Gasteiger partial charge on any atom is 0.306 e. The molecule has 1 fully saturated rings. The molecule has 1 saturated carbocycles. The number of rotatable bonds is 5. The van der Waals surface area contributed by atoms with E-state index in [0.717, 1.165) is 22.4 Å². The van der Waals surface area contributed by atoms with E-state index < -0.39 is 5.97 Å². The van der Waals surface area contributed by atoms with E-state index in [-0.39, 0.29) is 17.9 Å². The Labute approximate surface area is 158 Å². The Hall–Kier alpha value is -2.89. The van der Waals surface area contributed by atoms with Crippen LogP contribution in [0.3, 0.4) is 0 Å². The van der Waals surface area contributed by atoms with Gasteiger partial charge < -0.3 is 15.2 Å². The largest absolute Gasteiger partial charge is 0.497 e. The van der Waals surface area contributed by atoms with Crippen LogP contribution in [-0.2, 0) is 4.79 Å². The molecular formula is C21H24N2O4. The lowest BCUT2D eigenvalue weighted by atomic mass is 9.86. The predicted octanol–water partition coefficient (Wildman–Crippen LogP) is 3.44. The molecule has 6 nitrogen and oxygen atoms in total. The zero-order valence-electron chi connectivity index (χ0n) is 15.6. The highest BCUT2D eigenvalue weighted by atomic mass is 16.5. The molecule has 1 aliphatic carbocycles. The van der Waals surface area contributed by atoms with Gasteiger partial charge in [-0.3, -0.25) is 14.6 Å². The molecule has 0 bridgehead atoms. The van der Waals surface area contributed by atoms with Crippen molar-refractivity contribution in [3.05, 3.63) is 47.8 Å². The summed E-state index contributed by atoms with van der Waals surface area (Å²) in [6, 6.07) is 7.64. The maximum atomic E-state index is 12.6. The molecule has 1 amide bonds. The quantitative estimate of drug-likeness (QED) is 0.844. The number of aliphatic carboxylic acids is 1. The van der Waals surface area contributed by atoms with Crippen molar-refractivity contribution in [2.75, 3.05) is 7.11 Å². The van der Waals surface area contributed by atoms with E-state index >= 15 is 0 Å². The topological polar surface area (TPSA) is 88.5 Å². The number of nitrogens with one attached hydrogen (secondary N) is 1. The zero-order valence-corrected chi connectivity index (χ0v) is 15.6. The fourth-order valence-electron chi connectivity index (χ4n) is 3.55. The molecule has 0 aliphatic heterocycles. The third-order valence-corrected chi connectivity index (χ3v) is 5.16. The second-order valence-corrected chi connectivity index (χ2v) is 7.00. The monoisotopic (exact) mass is 368 g/mol. The Kier molecular flexibility index (Phi) is 5.74. The summed E-state index contributed by atoms with van der Waals surface area (Å²) in [4.78, 5) is 27.9. The number of carbonyl (C=O) groups is 2. The molecule has 0 radical (unpaired) electrons. The average Bonchev–Trinajstić information content (AvgIpc) is 2.68. The Morgan fingerprint density at radius 2 is 1.89 bits per heavy atom. The van der Waals surface area contributed by atoms with Crippen LogP contribution < -0.4 is 10.1 Å². The minimum absolute atomic E-state index is 0.0134. The summed E-state index contributed by atoms with van der Waals surface area (Å²) in [6.07, 6.45) is 5.87. The highest BCUT2D eigenvalue weighted by molar-refractivity contribution is 5.95. The minimum atomic E-state index is -0.744. The normalized spacial score (nSPS) is 19.3. The van der Waals surface area contributed by atoms with Gasteiger partial charge in [0.05, 0.1) is 18.6 Å². The first-order valence-electron chi connectivity index (χ1n) is 9.11. The number of carboxylic acid groups (broad SMARTS) is 1. The number of benzene rings is 1. The fourth-order valence-corrected chi connectivity index (χ4v) is 3.55. The Morgan fingerprint density at radius 1 is 1.15 bits per heavy atom. The number of aryl methyl sites for hydroxylation is 1. The van der Waals surface area contributed by atoms with Crippen LogP contribution in [0.25, 0.3) is 11.1 Å². The van der Waals surface area contributed by atoms with Crippen molar-refractivity contribution in [1.82, 2.24) is 10.3 Å². The van der Waals surface area contributed by atoms with Crippen LogP contribution >= 0.6 is 0 Å². The number of carboxylic acids is 1. The number of methoxy groups -OCH3 is 1. The van der Waals surface area contributed by atoms with Crippen molar-refractivity contribution in [2.24, 2.45) is 5.92 Å². The minimum Gasteiger partial charge on any atom is -0.497 e. The first-order valence-corrected chi connectivity index (χ1v) is 9.11. The van der Waals surface area contributed by atoms with Crippen molar-refractivity contribution in [1.29, 1.82) is 0 Å². The Balaban J connectivity index is 1.70. The standard InChI is InChI=1S/C21H24N2O4/c1-13-9-18(27-2)7-8-19(13)15-10-16(12-22-11-15)20(24)23-17-5-3-14(4-6-17)21(25)26/h7-12,14,17H,3-6H2,1-2H3,(H,23,24)(H,25,26). The number of ether oxygens (including phenoxy) is 1. The van der Waals surface area contributed by atoms with E-state index in [4.69, 9.17) is 9.84 Å². The predicted molar refractivity (Wildman–Crippen MR) is 102 cm³/mol. The van der Waals surface area contributed by atoms with Gasteiger partial charge in [0, 0.05) is 24.0 Å². The molecule has 6 heteroatoms. The highest BCUT2D eigenvalue weighted by Gasteiger charge is 2.27. The molecule has 2 N–H and O–H groups in total. The number of carbonyl (C=O) groups excluding carboxylic acids is 1. The number of amides is 1. The zero-order chi connectivity index (χ0) is 19.4. The number of hydrogen-bond donors (Lipinski definition) is 2. The van der Waals surface area contributed by atoms with Crippen LogP contribution in [0.2, 0.25) is 0 Å². The molecule has 142 valence electrons. The van der Waals surface area contributed by atoms with Gasteiger partial charge in [0.2, 0.25) is 0 Å². The Bertz CT molecular complexity index is 842. The third-order valence-electron chi connectivity index (χ3n) is 5.16. The van der Waals surface area contributed by atoms with Crippen molar-refractivity contribution >= 4 is 11.9 Å². The summed E-state index contributed by atoms with van der Waals surface area (Å²) in [5.74, 6) is -0.419. The lowest BCUT2D eigenvalue weighted by Gasteiger charge is -2.26. The summed E-state index contributed by atoms with van der Waals surface area (Å²) in [7, 11) is 1.63. The molecule has 2 aromatic rings. The average molecular weight is 368 g/mol. The summed E-state index contributed by atoms with van der Waals surface area (Å²) >= 11 is 0. The van der Waals surface area contributed by atoms with Gasteiger partial charge in [-0.1, -0.05) is 6.07 Å². The van der Waals surface area contributed by atoms with Gasteiger partial charge in [-0.05, 0) is 61.9 Å². The van der Waals surface area contributed by atoms with Gasteiger partial charge in [-0.25, -0.2) is 0 Å². The third kappa shape index (κ3) is 4.45. The number of hydrogen-bond acceptors (Lipinski definition) is 4. The van der Waals surface area contributed by atoms with E-state index in [1.165, 1.54) is 0 Å². The molecule has 3 rings (SSSR count). The van der Waals surface area contributed by atoms with Crippen LogP contribution in [0.5, 0.6) is 5.75 Å². The molecule has 1 aliphatic rings. The second-order valence-electron chi connectivity index (χ2n) is 7.00. The maximum absolute atomic E-state index is 12.6. The second kappa shape index (κ2) is 8.20. The molecule has 27 heavy (non-hydrogen) atoms. The first-order chi connectivity index (χ1) is 13.0. The number of pyridine rings is 1. The van der Waals surface area contributed by atoms with Crippen LogP contribution in [0, 0.1) is 12.8 Å². The van der Waals surface area contributed by atoms with Gasteiger partial charge in [-0.2, -0.15) is 0 Å². The van der Waals surface area contributed by atoms with Crippen molar-refractivity contribution in [3.8, 4) is 16.9 Å². The van der Waals surface area contributed by atoms with Crippen LogP contribution in [0.4, 0.5) is 0 Å². The molecule has 1 aromatic heterocycles. The Morgan fingerprint density at radius 3 is 2.52 bits per heavy atom. The van der Waals surface area contributed by atoms with Gasteiger partial charge in [0.1, 0.15) is 5.75 Å². The van der Waals surface area contributed by atoms with Crippen LogP contribution in [-0.4, -0.2) is 35.1 Å². The summed E-state index contributed by atoms with van der Waals surface area (Å²) < 4.78 is 5.24. The van der Waals surface area contributed by atoms with Gasteiger partial charge >= 0.3 is 5.97 Å². The van der Waals surface area contributed by atoms with E-state index in [9.17, 15) is 9.59 Å². The number of aromatic nitrogens is 1. The molecule has 0 atom stereocenters. The summed E-state index contributed by atoms with van der Waals surface area (Å²) in [6.45, 7) is 1.99. The summed E-state index contributed by atoms with van der Waals surface area (Å²) in [5, 5.41) is 12.1. The SMILES string of the molecule is COc1ccc(-c2cncc(C(=O)NC3CCC(C(=O)O)CC3)c2)c(C)c1. The molecule has 0 saturated heterocycles. The fraction of sp³-hybridized carbons (Fsp3) is 0.381. The molecule has 0 spiro atoms. The van der Waals surface area contributed by atoms with Gasteiger partial charge in [-0.15, -0.1) is 0 Å². The molecule has 1 aromatic carbocycles. The van der Waals surface area contributed by atoms with Crippen LogP contribution in [0.1, 0.15) is 41.6 Å². The van der Waals surface area contributed by atoms with Gasteiger partial charge in [0.25, 0.3) is 5.91 Å². The van der Waals surface area contributed by atoms with Gasteiger partial charge in [0.15, 0.2) is 0 Å². The molecular weight excluding hydrogens is 344 g/mol. The van der Waals surface area contributed by atoms with E-state index in [0.29, 0.717) is 31.2 Å².